The van der Waals surface area contributed by atoms with Gasteiger partial charge in [0.25, 0.3) is 0 Å². The van der Waals surface area contributed by atoms with Crippen molar-refractivity contribution in [2.75, 3.05) is 31.9 Å². The number of sulfone groups is 1. The Balaban J connectivity index is 2.07. The summed E-state index contributed by atoms with van der Waals surface area (Å²) in [6.07, 6.45) is -4.37. The minimum Gasteiger partial charge on any atom is -0.356 e. The molecule has 1 fully saturated rings. The Morgan fingerprint density at radius 2 is 1.93 bits per heavy atom. The Bertz CT molecular complexity index is 880. The smallest absolute Gasteiger partial charge is 0.356 e. The van der Waals surface area contributed by atoms with Crippen molar-refractivity contribution >= 4 is 15.8 Å². The lowest BCUT2D eigenvalue weighted by Crippen LogP contribution is -2.57. The van der Waals surface area contributed by atoms with Crippen molar-refractivity contribution in [3.63, 3.8) is 0 Å². The van der Waals surface area contributed by atoms with E-state index in [1.807, 2.05) is 11.8 Å². The number of nitrogens with one attached hydrogen (secondary N) is 1. The first-order valence-corrected chi connectivity index (χ1v) is 10.5. The average molecular weight is 415 g/mol. The number of alkyl halides is 3. The lowest BCUT2D eigenvalue weighted by molar-refractivity contribution is -0.137. The van der Waals surface area contributed by atoms with E-state index in [1.54, 1.807) is 13.8 Å². The van der Waals surface area contributed by atoms with E-state index in [0.29, 0.717) is 31.2 Å². The lowest BCUT2D eigenvalue weighted by atomic mass is 10.1. The van der Waals surface area contributed by atoms with Crippen molar-refractivity contribution in [2.45, 2.75) is 31.7 Å². The number of rotatable bonds is 2. The molecule has 1 aliphatic rings. The molecule has 1 aliphatic heterocycles. The van der Waals surface area contributed by atoms with Crippen LogP contribution in [0.3, 0.4) is 0 Å². The van der Waals surface area contributed by atoms with Crippen molar-refractivity contribution in [3.8, 4) is 11.8 Å². The predicted octanol–water partition coefficient (Wildman–Crippen LogP) is 2.53. The Kier molecular flexibility index (Phi) is 6.65. The third-order valence-corrected chi connectivity index (χ3v) is 6.96. The highest BCUT2D eigenvalue weighted by molar-refractivity contribution is 7.92. The Labute approximate surface area is 163 Å². The fourth-order valence-electron chi connectivity index (χ4n) is 2.75. The van der Waals surface area contributed by atoms with Gasteiger partial charge in [-0.3, -0.25) is 0 Å². The standard InChI is InChI=1S/C19H24F3N3O2S/c1-4-23-17(25-12-13-28(26,27)18(2,3)14-25)24-11-5-6-15-7-9-16(10-8-15)19(20,21)22/h7-10H,4,11-14H2,1-3H3,(H,23,24). The van der Waals surface area contributed by atoms with E-state index in [-0.39, 0.29) is 12.3 Å². The monoisotopic (exact) mass is 415 g/mol. The van der Waals surface area contributed by atoms with Crippen LogP contribution in [0.2, 0.25) is 0 Å². The zero-order valence-corrected chi connectivity index (χ0v) is 16.9. The highest BCUT2D eigenvalue weighted by atomic mass is 32.2. The molecule has 0 spiro atoms. The largest absolute Gasteiger partial charge is 0.416 e. The summed E-state index contributed by atoms with van der Waals surface area (Å²) in [6, 6.07) is 4.63. The Morgan fingerprint density at radius 3 is 2.46 bits per heavy atom. The lowest BCUT2D eigenvalue weighted by Gasteiger charge is -2.39. The van der Waals surface area contributed by atoms with Gasteiger partial charge >= 0.3 is 6.18 Å². The van der Waals surface area contributed by atoms with Crippen molar-refractivity contribution in [3.05, 3.63) is 35.4 Å². The molecule has 5 nitrogen and oxygen atoms in total. The highest BCUT2D eigenvalue weighted by Crippen LogP contribution is 2.29. The molecule has 0 unspecified atom stereocenters. The zero-order valence-electron chi connectivity index (χ0n) is 16.1. The molecule has 0 aliphatic carbocycles. The second kappa shape index (κ2) is 8.43. The molecule has 0 saturated carbocycles. The molecule has 1 aromatic carbocycles. The van der Waals surface area contributed by atoms with Crippen LogP contribution < -0.4 is 5.32 Å². The van der Waals surface area contributed by atoms with E-state index in [9.17, 15) is 21.6 Å². The van der Waals surface area contributed by atoms with E-state index in [4.69, 9.17) is 0 Å². The van der Waals surface area contributed by atoms with E-state index < -0.39 is 26.3 Å². The molecular weight excluding hydrogens is 391 g/mol. The van der Waals surface area contributed by atoms with Crippen LogP contribution in [0, 0.1) is 11.8 Å². The van der Waals surface area contributed by atoms with E-state index in [0.717, 1.165) is 12.1 Å². The summed E-state index contributed by atoms with van der Waals surface area (Å²) >= 11 is 0. The van der Waals surface area contributed by atoms with Gasteiger partial charge in [-0.15, -0.1) is 0 Å². The fraction of sp³-hybridized carbons (Fsp3) is 0.526. The second-order valence-electron chi connectivity index (χ2n) is 7.05. The number of benzene rings is 1. The van der Waals surface area contributed by atoms with E-state index >= 15 is 0 Å². The molecular formula is C19H24F3N3O2S. The maximum Gasteiger partial charge on any atom is 0.416 e. The minimum atomic E-state index is -4.37. The number of hydrogen-bond acceptors (Lipinski definition) is 3. The highest BCUT2D eigenvalue weighted by Gasteiger charge is 2.40. The Morgan fingerprint density at radius 1 is 1.29 bits per heavy atom. The number of guanidine groups is 1. The first-order valence-electron chi connectivity index (χ1n) is 8.88. The Hall–Kier alpha value is -2.21. The van der Waals surface area contributed by atoms with Crippen LogP contribution in [-0.4, -0.2) is 56.0 Å². The molecule has 0 aromatic heterocycles. The van der Waals surface area contributed by atoms with Crippen LogP contribution in [0.5, 0.6) is 0 Å². The van der Waals surface area contributed by atoms with Gasteiger partial charge in [0.2, 0.25) is 0 Å². The molecule has 1 N–H and O–H groups in total. The van der Waals surface area contributed by atoms with Gasteiger partial charge in [0, 0.05) is 25.2 Å². The molecule has 0 radical (unpaired) electrons. The molecule has 1 saturated heterocycles. The normalized spacial score (nSPS) is 18.9. The summed E-state index contributed by atoms with van der Waals surface area (Å²) in [5, 5.41) is 3.13. The average Bonchev–Trinajstić information content (AvgIpc) is 2.60. The molecule has 2 rings (SSSR count). The van der Waals surface area contributed by atoms with Gasteiger partial charge in [-0.25, -0.2) is 13.4 Å². The van der Waals surface area contributed by atoms with Crippen LogP contribution >= 0.6 is 0 Å². The van der Waals surface area contributed by atoms with Crippen molar-refractivity contribution in [1.29, 1.82) is 0 Å². The third-order valence-electron chi connectivity index (χ3n) is 4.43. The van der Waals surface area contributed by atoms with Gasteiger partial charge < -0.3 is 10.2 Å². The van der Waals surface area contributed by atoms with Crippen molar-refractivity contribution in [1.82, 2.24) is 10.2 Å². The SMILES string of the molecule is CCNC(=NCC#Cc1ccc(C(F)(F)F)cc1)N1CCS(=O)(=O)C(C)(C)C1. The summed E-state index contributed by atoms with van der Waals surface area (Å²) in [7, 11) is -3.15. The van der Waals surface area contributed by atoms with Crippen LogP contribution in [0.25, 0.3) is 0 Å². The molecule has 9 heteroatoms. The van der Waals surface area contributed by atoms with Crippen molar-refractivity contribution in [2.24, 2.45) is 4.99 Å². The summed E-state index contributed by atoms with van der Waals surface area (Å²) in [5.74, 6) is 6.24. The second-order valence-corrected chi connectivity index (χ2v) is 9.79. The van der Waals surface area contributed by atoms with Gasteiger partial charge in [-0.2, -0.15) is 13.2 Å². The fourth-order valence-corrected chi connectivity index (χ4v) is 4.11. The predicted molar refractivity (Wildman–Crippen MR) is 104 cm³/mol. The van der Waals surface area contributed by atoms with Crippen LogP contribution in [0.15, 0.2) is 29.3 Å². The summed E-state index contributed by atoms with van der Waals surface area (Å²) < 4.78 is 61.1. The zero-order chi connectivity index (χ0) is 21.0. The minimum absolute atomic E-state index is 0.0572. The van der Waals surface area contributed by atoms with Gasteiger partial charge in [-0.05, 0) is 45.0 Å². The first kappa shape index (κ1) is 22.1. The first-order chi connectivity index (χ1) is 13.0. The van der Waals surface area contributed by atoms with Gasteiger partial charge in [-0.1, -0.05) is 11.8 Å². The number of aliphatic imine (C=N–C) groups is 1. The van der Waals surface area contributed by atoms with Gasteiger partial charge in [0.1, 0.15) is 6.54 Å². The van der Waals surface area contributed by atoms with Gasteiger partial charge in [0.15, 0.2) is 15.8 Å². The number of halogens is 3. The maximum atomic E-state index is 12.6. The van der Waals surface area contributed by atoms with Crippen LogP contribution in [0.1, 0.15) is 31.9 Å². The van der Waals surface area contributed by atoms with Crippen LogP contribution in [-0.2, 0) is 16.0 Å². The molecule has 28 heavy (non-hydrogen) atoms. The van der Waals surface area contributed by atoms with E-state index in [2.05, 4.69) is 22.2 Å². The van der Waals surface area contributed by atoms with Crippen LogP contribution in [0.4, 0.5) is 13.2 Å². The molecule has 0 amide bonds. The summed E-state index contributed by atoms with van der Waals surface area (Å²) in [4.78, 5) is 6.30. The summed E-state index contributed by atoms with van der Waals surface area (Å²) in [5.41, 5.74) is -0.244. The molecule has 1 heterocycles. The summed E-state index contributed by atoms with van der Waals surface area (Å²) in [6.45, 7) is 6.75. The molecule has 0 atom stereocenters. The molecule has 0 bridgehead atoms. The number of nitrogens with zero attached hydrogens (tertiary/aromatic N) is 2. The molecule has 1 aromatic rings. The number of hydrogen-bond donors (Lipinski definition) is 1. The quantitative estimate of drug-likeness (QED) is 0.458. The topological polar surface area (TPSA) is 61.8 Å². The maximum absolute atomic E-state index is 12.6. The molecule has 154 valence electrons. The van der Waals surface area contributed by atoms with Gasteiger partial charge in [0.05, 0.1) is 16.1 Å². The third kappa shape index (κ3) is 5.41. The van der Waals surface area contributed by atoms with E-state index in [1.165, 1.54) is 12.1 Å². The van der Waals surface area contributed by atoms with Crippen molar-refractivity contribution < 1.29 is 21.6 Å².